The lowest BCUT2D eigenvalue weighted by atomic mass is 9.81. The van der Waals surface area contributed by atoms with Gasteiger partial charge in [-0.2, -0.15) is 0 Å². The average Bonchev–Trinajstić information content (AvgIpc) is 2.55. The van der Waals surface area contributed by atoms with Crippen LogP contribution in [0.1, 0.15) is 26.3 Å². The minimum atomic E-state index is 0. The first-order valence-corrected chi connectivity index (χ1v) is 7.68. The van der Waals surface area contributed by atoms with Crippen molar-refractivity contribution < 1.29 is 0 Å². The van der Waals surface area contributed by atoms with Gasteiger partial charge in [-0.15, -0.1) is 0 Å². The van der Waals surface area contributed by atoms with Crippen molar-refractivity contribution in [1.29, 1.82) is 0 Å². The van der Waals surface area contributed by atoms with Gasteiger partial charge < -0.3 is 0 Å². The Kier molecular flexibility index (Phi) is 5.17. The fourth-order valence-electron chi connectivity index (χ4n) is 2.80. The second kappa shape index (κ2) is 6.92. The summed E-state index contributed by atoms with van der Waals surface area (Å²) in [6.07, 6.45) is 1.93. The molecular weight excluding hydrogens is 294 g/mol. The highest BCUT2D eigenvalue weighted by Gasteiger charge is 2.22. The molecule has 0 N–H and O–H groups in total. The number of benzene rings is 2. The standard InChI is InChI=1S/C21H21N.Si/c1-21(2,3)18-14-15-22-20(17-12-8-5-9-13-17)19(18)16-10-6-4-7-11-16;/h4-15H,1-3H3;. The van der Waals surface area contributed by atoms with Gasteiger partial charge in [0.15, 0.2) is 0 Å². The van der Waals surface area contributed by atoms with Gasteiger partial charge in [0.25, 0.3) is 0 Å². The highest BCUT2D eigenvalue weighted by atomic mass is 28.1. The summed E-state index contributed by atoms with van der Waals surface area (Å²) in [6.45, 7) is 6.76. The molecule has 23 heavy (non-hydrogen) atoms. The Bertz CT molecular complexity index is 759. The summed E-state index contributed by atoms with van der Waals surface area (Å²) in [5.74, 6) is 0. The largest absolute Gasteiger partial charge is 0.256 e. The normalized spacial score (nSPS) is 10.9. The van der Waals surface area contributed by atoms with Crippen molar-refractivity contribution in [3.8, 4) is 22.4 Å². The number of nitrogens with zero attached hydrogens (tertiary/aromatic N) is 1. The summed E-state index contributed by atoms with van der Waals surface area (Å²) in [7, 11) is 0. The smallest absolute Gasteiger partial charge is 0.0783 e. The first-order valence-electron chi connectivity index (χ1n) is 7.68. The van der Waals surface area contributed by atoms with E-state index in [9.17, 15) is 0 Å². The van der Waals surface area contributed by atoms with Crippen molar-refractivity contribution in [3.05, 3.63) is 78.5 Å². The number of pyridine rings is 1. The zero-order valence-electron chi connectivity index (χ0n) is 13.9. The molecule has 0 aliphatic heterocycles. The van der Waals surface area contributed by atoms with E-state index in [1.165, 1.54) is 16.7 Å². The molecule has 0 saturated carbocycles. The summed E-state index contributed by atoms with van der Waals surface area (Å²) in [4.78, 5) is 4.70. The topological polar surface area (TPSA) is 12.9 Å². The van der Waals surface area contributed by atoms with E-state index in [0.717, 1.165) is 11.3 Å². The lowest BCUT2D eigenvalue weighted by Crippen LogP contribution is -2.14. The quantitative estimate of drug-likeness (QED) is 0.582. The van der Waals surface area contributed by atoms with Crippen LogP contribution in [-0.4, -0.2) is 15.9 Å². The van der Waals surface area contributed by atoms with Crippen LogP contribution in [0.15, 0.2) is 72.9 Å². The van der Waals surface area contributed by atoms with E-state index in [-0.39, 0.29) is 16.4 Å². The third kappa shape index (κ3) is 3.59. The molecule has 3 rings (SSSR count). The Morgan fingerprint density at radius 3 is 1.74 bits per heavy atom. The molecular formula is C21H21NSi. The average molecular weight is 315 g/mol. The van der Waals surface area contributed by atoms with E-state index in [2.05, 4.69) is 81.4 Å². The van der Waals surface area contributed by atoms with E-state index in [1.54, 1.807) is 0 Å². The van der Waals surface area contributed by atoms with Crippen molar-refractivity contribution in [2.24, 2.45) is 0 Å². The SMILES string of the molecule is CC(C)(C)c1ccnc(-c2ccccc2)c1-c1ccccc1.[Si]. The molecule has 114 valence electrons. The molecule has 0 fully saturated rings. The molecule has 0 amide bonds. The van der Waals surface area contributed by atoms with Crippen LogP contribution < -0.4 is 0 Å². The van der Waals surface area contributed by atoms with Crippen LogP contribution in [0.2, 0.25) is 0 Å². The van der Waals surface area contributed by atoms with Crippen molar-refractivity contribution in [2.45, 2.75) is 26.2 Å². The lowest BCUT2D eigenvalue weighted by Gasteiger charge is -2.25. The molecule has 3 aromatic rings. The van der Waals surface area contributed by atoms with Crippen LogP contribution in [0.3, 0.4) is 0 Å². The third-order valence-corrected chi connectivity index (χ3v) is 3.87. The van der Waals surface area contributed by atoms with Gasteiger partial charge in [-0.25, -0.2) is 0 Å². The van der Waals surface area contributed by atoms with E-state index in [0.29, 0.717) is 0 Å². The highest BCUT2D eigenvalue weighted by Crippen LogP contribution is 2.38. The fourth-order valence-corrected chi connectivity index (χ4v) is 2.80. The molecule has 1 aromatic heterocycles. The Morgan fingerprint density at radius 1 is 0.696 bits per heavy atom. The second-order valence-electron chi connectivity index (χ2n) is 6.56. The Labute approximate surface area is 143 Å². The maximum atomic E-state index is 4.70. The Morgan fingerprint density at radius 2 is 1.22 bits per heavy atom. The minimum Gasteiger partial charge on any atom is -0.256 e. The van der Waals surface area contributed by atoms with Crippen LogP contribution in [0, 0.1) is 0 Å². The van der Waals surface area contributed by atoms with Gasteiger partial charge in [0.05, 0.1) is 5.69 Å². The van der Waals surface area contributed by atoms with Gasteiger partial charge in [-0.05, 0) is 22.6 Å². The summed E-state index contributed by atoms with van der Waals surface area (Å²) in [5.41, 5.74) is 6.07. The first kappa shape index (κ1) is 17.2. The highest BCUT2D eigenvalue weighted by molar-refractivity contribution is 5.83. The fraction of sp³-hybridized carbons (Fsp3) is 0.190. The van der Waals surface area contributed by atoms with Crippen molar-refractivity contribution in [2.75, 3.05) is 0 Å². The predicted octanol–water partition coefficient (Wildman–Crippen LogP) is 5.33. The number of aromatic nitrogens is 1. The molecule has 0 aliphatic carbocycles. The molecule has 1 heterocycles. The lowest BCUT2D eigenvalue weighted by molar-refractivity contribution is 0.591. The zero-order valence-corrected chi connectivity index (χ0v) is 14.9. The van der Waals surface area contributed by atoms with Crippen molar-refractivity contribution in [1.82, 2.24) is 4.98 Å². The number of hydrogen-bond acceptors (Lipinski definition) is 1. The summed E-state index contributed by atoms with van der Waals surface area (Å²) < 4.78 is 0. The minimum absolute atomic E-state index is 0. The van der Waals surface area contributed by atoms with Gasteiger partial charge in [0.2, 0.25) is 0 Å². The van der Waals surface area contributed by atoms with E-state index < -0.39 is 0 Å². The molecule has 2 aromatic carbocycles. The zero-order chi connectivity index (χ0) is 15.6. The molecule has 0 unspecified atom stereocenters. The van der Waals surface area contributed by atoms with Gasteiger partial charge in [-0.3, -0.25) is 4.98 Å². The maximum Gasteiger partial charge on any atom is 0.0783 e. The van der Waals surface area contributed by atoms with E-state index in [1.807, 2.05) is 12.3 Å². The van der Waals surface area contributed by atoms with E-state index >= 15 is 0 Å². The second-order valence-corrected chi connectivity index (χ2v) is 6.56. The van der Waals surface area contributed by atoms with Gasteiger partial charge in [0, 0.05) is 28.3 Å². The first-order chi connectivity index (χ1) is 10.6. The van der Waals surface area contributed by atoms with Crippen molar-refractivity contribution in [3.63, 3.8) is 0 Å². The number of hydrogen-bond donors (Lipinski definition) is 0. The summed E-state index contributed by atoms with van der Waals surface area (Å²) in [6, 6.07) is 23.1. The van der Waals surface area contributed by atoms with Crippen molar-refractivity contribution >= 4 is 11.0 Å². The molecule has 0 spiro atoms. The monoisotopic (exact) mass is 315 g/mol. The third-order valence-electron chi connectivity index (χ3n) is 3.87. The van der Waals surface area contributed by atoms with E-state index in [4.69, 9.17) is 4.98 Å². The Balaban J connectivity index is 0.00000192. The molecule has 0 bridgehead atoms. The van der Waals surface area contributed by atoms with Gasteiger partial charge >= 0.3 is 0 Å². The molecule has 2 heteroatoms. The molecule has 1 nitrogen and oxygen atoms in total. The van der Waals surface area contributed by atoms with Crippen LogP contribution in [0.25, 0.3) is 22.4 Å². The predicted molar refractivity (Wildman–Crippen MR) is 99.6 cm³/mol. The summed E-state index contributed by atoms with van der Waals surface area (Å²) >= 11 is 0. The Hall–Kier alpha value is -2.19. The van der Waals surface area contributed by atoms with Crippen LogP contribution in [0.5, 0.6) is 0 Å². The van der Waals surface area contributed by atoms with Crippen LogP contribution >= 0.6 is 0 Å². The molecule has 0 atom stereocenters. The van der Waals surface area contributed by atoms with Gasteiger partial charge in [0.1, 0.15) is 0 Å². The number of rotatable bonds is 2. The van der Waals surface area contributed by atoms with Crippen LogP contribution in [0.4, 0.5) is 0 Å². The van der Waals surface area contributed by atoms with Crippen LogP contribution in [-0.2, 0) is 5.41 Å². The summed E-state index contributed by atoms with van der Waals surface area (Å²) in [5, 5.41) is 0. The molecule has 0 saturated heterocycles. The molecule has 0 aliphatic rings. The molecule has 4 radical (unpaired) electrons. The maximum absolute atomic E-state index is 4.70. The van der Waals surface area contributed by atoms with Gasteiger partial charge in [-0.1, -0.05) is 81.4 Å².